The van der Waals surface area contributed by atoms with Crippen LogP contribution in [0.3, 0.4) is 0 Å². The van der Waals surface area contributed by atoms with E-state index in [2.05, 4.69) is 19.7 Å². The first kappa shape index (κ1) is 21.7. The molecule has 0 spiro atoms. The molecule has 166 valence electrons. The Kier molecular flexibility index (Phi) is 6.31. The number of carbonyl (C=O) groups excluding carboxylic acids is 2. The lowest BCUT2D eigenvalue weighted by atomic mass is 10.1. The zero-order valence-electron chi connectivity index (χ0n) is 18.2. The summed E-state index contributed by atoms with van der Waals surface area (Å²) in [5.41, 5.74) is 2.04. The molecule has 1 N–H and O–H groups in total. The van der Waals surface area contributed by atoms with Gasteiger partial charge in [0.1, 0.15) is 23.0 Å². The van der Waals surface area contributed by atoms with E-state index in [9.17, 15) is 9.59 Å². The zero-order valence-corrected chi connectivity index (χ0v) is 19.0. The summed E-state index contributed by atoms with van der Waals surface area (Å²) >= 11 is 1.29. The Morgan fingerprint density at radius 1 is 1.28 bits per heavy atom. The van der Waals surface area contributed by atoms with Crippen molar-refractivity contribution in [3.8, 4) is 11.5 Å². The van der Waals surface area contributed by atoms with Gasteiger partial charge in [-0.2, -0.15) is 4.37 Å². The van der Waals surface area contributed by atoms with Gasteiger partial charge in [-0.15, -0.1) is 0 Å². The Morgan fingerprint density at radius 2 is 2.12 bits per heavy atom. The third-order valence-corrected chi connectivity index (χ3v) is 5.68. The van der Waals surface area contributed by atoms with E-state index < -0.39 is 0 Å². The van der Waals surface area contributed by atoms with Gasteiger partial charge in [0.15, 0.2) is 0 Å². The van der Waals surface area contributed by atoms with Crippen LogP contribution in [0.15, 0.2) is 36.5 Å². The van der Waals surface area contributed by atoms with Gasteiger partial charge in [0.25, 0.3) is 5.91 Å². The van der Waals surface area contributed by atoms with Crippen LogP contribution in [-0.2, 0) is 11.3 Å². The molecule has 2 aromatic heterocycles. The van der Waals surface area contributed by atoms with Crippen LogP contribution < -0.4 is 10.1 Å². The molecule has 1 aliphatic rings. The van der Waals surface area contributed by atoms with E-state index in [-0.39, 0.29) is 11.8 Å². The molecule has 0 bridgehead atoms. The fourth-order valence-electron chi connectivity index (χ4n) is 3.35. The minimum atomic E-state index is -0.174. The SMILES string of the molecule is Cc1nsc(Nc2ccc(Oc3ccc(C(=O)N(C)C)nc3)c(CN3CCCC3=O)c2)n1. The van der Waals surface area contributed by atoms with Gasteiger partial charge in [0.2, 0.25) is 11.0 Å². The average Bonchev–Trinajstić information content (AvgIpc) is 3.37. The molecule has 0 radical (unpaired) electrons. The molecule has 3 heterocycles. The number of carbonyl (C=O) groups is 2. The van der Waals surface area contributed by atoms with Crippen molar-refractivity contribution in [2.24, 2.45) is 0 Å². The molecule has 0 aliphatic carbocycles. The fraction of sp³-hybridized carbons (Fsp3) is 0.318. The van der Waals surface area contributed by atoms with Gasteiger partial charge in [-0.1, -0.05) is 0 Å². The summed E-state index contributed by atoms with van der Waals surface area (Å²) in [7, 11) is 3.36. The Bertz CT molecular complexity index is 1130. The second kappa shape index (κ2) is 9.31. The van der Waals surface area contributed by atoms with Gasteiger partial charge in [0, 0.05) is 56.4 Å². The van der Waals surface area contributed by atoms with Gasteiger partial charge >= 0.3 is 0 Å². The van der Waals surface area contributed by atoms with E-state index in [4.69, 9.17) is 4.74 Å². The molecule has 0 saturated carbocycles. The van der Waals surface area contributed by atoms with Crippen molar-refractivity contribution >= 4 is 34.2 Å². The number of likely N-dealkylation sites (tertiary alicyclic amines) is 1. The van der Waals surface area contributed by atoms with Crippen LogP contribution in [0.4, 0.5) is 10.8 Å². The number of hydrogen-bond donors (Lipinski definition) is 1. The summed E-state index contributed by atoms with van der Waals surface area (Å²) in [6.07, 6.45) is 2.96. The molecule has 32 heavy (non-hydrogen) atoms. The lowest BCUT2D eigenvalue weighted by molar-refractivity contribution is -0.128. The van der Waals surface area contributed by atoms with Gasteiger partial charge in [-0.25, -0.2) is 9.97 Å². The number of hydrogen-bond acceptors (Lipinski definition) is 8. The molecule has 10 heteroatoms. The molecule has 1 fully saturated rings. The number of benzene rings is 1. The number of ether oxygens (including phenoxy) is 1. The molecular formula is C22H24N6O3S. The number of anilines is 2. The van der Waals surface area contributed by atoms with Crippen LogP contribution >= 0.6 is 11.5 Å². The van der Waals surface area contributed by atoms with Gasteiger partial charge in [-0.05, 0) is 43.7 Å². The molecule has 0 unspecified atom stereocenters. The first-order valence-electron chi connectivity index (χ1n) is 10.2. The van der Waals surface area contributed by atoms with Crippen LogP contribution in [0, 0.1) is 6.92 Å². The van der Waals surface area contributed by atoms with Crippen LogP contribution in [0.5, 0.6) is 11.5 Å². The first-order chi connectivity index (χ1) is 15.4. The van der Waals surface area contributed by atoms with E-state index in [0.29, 0.717) is 41.1 Å². The predicted molar refractivity (Wildman–Crippen MR) is 121 cm³/mol. The van der Waals surface area contributed by atoms with Gasteiger partial charge < -0.3 is 19.9 Å². The Balaban J connectivity index is 1.58. The predicted octanol–water partition coefficient (Wildman–Crippen LogP) is 3.60. The number of aromatic nitrogens is 3. The number of nitrogens with one attached hydrogen (secondary N) is 1. The number of aryl methyl sites for hydroxylation is 1. The zero-order chi connectivity index (χ0) is 22.7. The molecule has 9 nitrogen and oxygen atoms in total. The van der Waals surface area contributed by atoms with Crippen molar-refractivity contribution in [2.75, 3.05) is 26.0 Å². The summed E-state index contributed by atoms with van der Waals surface area (Å²) in [6, 6.07) is 9.04. The van der Waals surface area contributed by atoms with Crippen molar-refractivity contribution in [2.45, 2.75) is 26.3 Å². The average molecular weight is 453 g/mol. The maximum Gasteiger partial charge on any atom is 0.271 e. The highest BCUT2D eigenvalue weighted by Crippen LogP contribution is 2.31. The summed E-state index contributed by atoms with van der Waals surface area (Å²) in [6.45, 7) is 3.02. The molecule has 1 aromatic carbocycles. The van der Waals surface area contributed by atoms with E-state index in [1.807, 2.05) is 30.0 Å². The van der Waals surface area contributed by atoms with Crippen molar-refractivity contribution < 1.29 is 14.3 Å². The van der Waals surface area contributed by atoms with Gasteiger partial charge in [-0.3, -0.25) is 9.59 Å². The smallest absolute Gasteiger partial charge is 0.271 e. The number of amides is 2. The maximum absolute atomic E-state index is 12.2. The number of pyridine rings is 1. The third-order valence-electron chi connectivity index (χ3n) is 4.96. The normalized spacial score (nSPS) is 13.3. The maximum atomic E-state index is 12.2. The molecule has 3 aromatic rings. The topological polar surface area (TPSA) is 101 Å². The molecule has 1 aliphatic heterocycles. The number of nitrogens with zero attached hydrogens (tertiary/aromatic N) is 5. The number of rotatable bonds is 7. The summed E-state index contributed by atoms with van der Waals surface area (Å²) < 4.78 is 10.3. The second-order valence-electron chi connectivity index (χ2n) is 7.69. The summed E-state index contributed by atoms with van der Waals surface area (Å²) in [4.78, 5) is 36.1. The highest BCUT2D eigenvalue weighted by Gasteiger charge is 2.22. The minimum Gasteiger partial charge on any atom is -0.455 e. The largest absolute Gasteiger partial charge is 0.455 e. The van der Waals surface area contributed by atoms with E-state index in [1.54, 1.807) is 26.2 Å². The van der Waals surface area contributed by atoms with E-state index >= 15 is 0 Å². The highest BCUT2D eigenvalue weighted by molar-refractivity contribution is 7.09. The van der Waals surface area contributed by atoms with Crippen LogP contribution in [0.2, 0.25) is 0 Å². The van der Waals surface area contributed by atoms with Crippen LogP contribution in [-0.4, -0.2) is 56.6 Å². The molecule has 0 atom stereocenters. The molecule has 1 saturated heterocycles. The standard InChI is InChI=1S/C22H24N6O3S/c1-14-24-22(32-26-14)25-16-6-9-19(15(11-16)13-28-10-4-5-20(28)29)31-17-7-8-18(23-12-17)21(30)27(2)3/h6-9,11-12H,4-5,10,13H2,1-3H3,(H,24,25,26). The lowest BCUT2D eigenvalue weighted by Crippen LogP contribution is -2.24. The summed E-state index contributed by atoms with van der Waals surface area (Å²) in [5, 5.41) is 3.95. The molecular weight excluding hydrogens is 428 g/mol. The van der Waals surface area contributed by atoms with Crippen LogP contribution in [0.25, 0.3) is 0 Å². The Morgan fingerprint density at radius 3 is 2.75 bits per heavy atom. The Labute approximate surface area is 190 Å². The third kappa shape index (κ3) is 5.02. The van der Waals surface area contributed by atoms with E-state index in [1.165, 1.54) is 22.6 Å². The lowest BCUT2D eigenvalue weighted by Gasteiger charge is -2.19. The van der Waals surface area contributed by atoms with Crippen molar-refractivity contribution in [3.63, 3.8) is 0 Å². The van der Waals surface area contributed by atoms with Crippen molar-refractivity contribution in [3.05, 3.63) is 53.6 Å². The van der Waals surface area contributed by atoms with Crippen molar-refractivity contribution in [1.82, 2.24) is 24.1 Å². The quantitative estimate of drug-likeness (QED) is 0.584. The summed E-state index contributed by atoms with van der Waals surface area (Å²) in [5.74, 6) is 1.81. The highest BCUT2D eigenvalue weighted by atomic mass is 32.1. The fourth-order valence-corrected chi connectivity index (χ4v) is 3.95. The second-order valence-corrected chi connectivity index (χ2v) is 8.45. The first-order valence-corrected chi connectivity index (χ1v) is 11.0. The van der Waals surface area contributed by atoms with Gasteiger partial charge in [0.05, 0.1) is 6.20 Å². The van der Waals surface area contributed by atoms with E-state index in [0.717, 1.165) is 24.2 Å². The van der Waals surface area contributed by atoms with Crippen LogP contribution in [0.1, 0.15) is 34.7 Å². The van der Waals surface area contributed by atoms with Crippen molar-refractivity contribution in [1.29, 1.82) is 0 Å². The Hall–Kier alpha value is -3.53. The molecule has 2 amide bonds. The molecule has 4 rings (SSSR count). The minimum absolute atomic E-state index is 0.141. The monoisotopic (exact) mass is 452 g/mol.